The monoisotopic (exact) mass is 525 g/mol. The second-order valence-corrected chi connectivity index (χ2v) is 9.84. The standard InChI is InChI=1S/C28H35N3O7/c1-17(2)26-19(4)9-10-24(34)29-11-5-7-18(3)13-20(32)14-21(33)15-25-30-22(16-37-25)27(35)31-12-6-8-23(31)28(36)38-26/h5,7-10,13,16-17,19-20,26,32H,6,11-12,14-15H2,1-4H3,(H,29,34)/t19-,20+,26+/m0/s1. The fraction of sp³-hybridized carbons (Fsp3) is 0.464. The van der Waals surface area contributed by atoms with Crippen molar-refractivity contribution in [2.45, 2.75) is 59.2 Å². The Morgan fingerprint density at radius 1 is 1.18 bits per heavy atom. The molecule has 10 nitrogen and oxygen atoms in total. The molecule has 204 valence electrons. The Hall–Kier alpha value is -3.79. The Morgan fingerprint density at radius 2 is 1.95 bits per heavy atom. The number of carbonyl (C=O) groups is 4. The third-order valence-electron chi connectivity index (χ3n) is 6.19. The van der Waals surface area contributed by atoms with Gasteiger partial charge in [0.1, 0.15) is 23.8 Å². The van der Waals surface area contributed by atoms with E-state index in [2.05, 4.69) is 10.3 Å². The molecular formula is C28H35N3O7. The maximum absolute atomic E-state index is 13.1. The van der Waals surface area contributed by atoms with E-state index in [0.29, 0.717) is 6.42 Å². The summed E-state index contributed by atoms with van der Waals surface area (Å²) < 4.78 is 11.1. The van der Waals surface area contributed by atoms with Gasteiger partial charge in [0.05, 0.1) is 12.5 Å². The molecule has 0 aromatic carbocycles. The SMILES string of the molecule is CC1=C[C@@H](O)CC(=O)Cc2nc(co2)C(=O)N2CCC=C2C(=O)O[C@H](C(C)C)[C@@H](C)C=CC(=O)NCC=C1. The van der Waals surface area contributed by atoms with Crippen LogP contribution in [0.5, 0.6) is 0 Å². The van der Waals surface area contributed by atoms with E-state index >= 15 is 0 Å². The highest BCUT2D eigenvalue weighted by Crippen LogP contribution is 2.24. The van der Waals surface area contributed by atoms with Crippen molar-refractivity contribution >= 4 is 23.6 Å². The van der Waals surface area contributed by atoms with Gasteiger partial charge in [-0.1, -0.05) is 56.7 Å². The number of hydrogen-bond donors (Lipinski definition) is 2. The molecule has 10 heteroatoms. The molecule has 2 aliphatic heterocycles. The maximum atomic E-state index is 13.1. The normalized spacial score (nSPS) is 24.6. The lowest BCUT2D eigenvalue weighted by Crippen LogP contribution is -2.36. The van der Waals surface area contributed by atoms with E-state index in [4.69, 9.17) is 9.15 Å². The summed E-state index contributed by atoms with van der Waals surface area (Å²) in [5.41, 5.74) is 0.809. The first-order valence-electron chi connectivity index (χ1n) is 12.7. The fourth-order valence-corrected chi connectivity index (χ4v) is 4.33. The summed E-state index contributed by atoms with van der Waals surface area (Å²) >= 11 is 0. The number of amides is 2. The molecule has 0 spiro atoms. The van der Waals surface area contributed by atoms with Gasteiger partial charge < -0.3 is 24.5 Å². The number of esters is 1. The molecule has 3 rings (SSSR count). The Kier molecular flexibility index (Phi) is 9.95. The number of ether oxygens (including phenoxy) is 1. The molecule has 38 heavy (non-hydrogen) atoms. The molecule has 2 aliphatic rings. The zero-order chi connectivity index (χ0) is 27.8. The predicted octanol–water partition coefficient (Wildman–Crippen LogP) is 2.66. The molecule has 0 fully saturated rings. The summed E-state index contributed by atoms with van der Waals surface area (Å²) in [6.07, 6.45) is 9.48. The molecule has 1 aromatic heterocycles. The highest BCUT2D eigenvalue weighted by molar-refractivity contribution is 6.00. The zero-order valence-electron chi connectivity index (χ0n) is 22.2. The topological polar surface area (TPSA) is 139 Å². The van der Waals surface area contributed by atoms with Crippen molar-refractivity contribution in [2.75, 3.05) is 13.1 Å². The van der Waals surface area contributed by atoms with Gasteiger partial charge in [0, 0.05) is 25.4 Å². The van der Waals surface area contributed by atoms with Gasteiger partial charge in [-0.25, -0.2) is 9.78 Å². The van der Waals surface area contributed by atoms with Crippen molar-refractivity contribution in [1.82, 2.24) is 15.2 Å². The van der Waals surface area contributed by atoms with E-state index in [1.54, 1.807) is 37.3 Å². The van der Waals surface area contributed by atoms with Gasteiger partial charge in [-0.2, -0.15) is 0 Å². The molecule has 1 aromatic rings. The quantitative estimate of drug-likeness (QED) is 0.534. The number of rotatable bonds is 1. The summed E-state index contributed by atoms with van der Waals surface area (Å²) in [4.78, 5) is 56.3. The molecule has 2 N–H and O–H groups in total. The van der Waals surface area contributed by atoms with Crippen LogP contribution in [0.1, 0.15) is 56.9 Å². The first-order chi connectivity index (χ1) is 18.0. The molecule has 2 bridgehead atoms. The number of nitrogens with one attached hydrogen (secondary N) is 1. The molecule has 3 heterocycles. The van der Waals surface area contributed by atoms with Crippen molar-refractivity contribution in [1.29, 1.82) is 0 Å². The molecule has 0 radical (unpaired) electrons. The summed E-state index contributed by atoms with van der Waals surface area (Å²) in [5.74, 6) is -2.07. The summed E-state index contributed by atoms with van der Waals surface area (Å²) in [5, 5.41) is 13.0. The van der Waals surface area contributed by atoms with E-state index in [-0.39, 0.29) is 66.7 Å². The number of oxazole rings is 1. The largest absolute Gasteiger partial charge is 0.457 e. The molecule has 0 aliphatic carbocycles. The number of fused-ring (bicyclic) bond motifs is 3. The number of nitrogens with zero attached hydrogens (tertiary/aromatic N) is 2. The first kappa shape index (κ1) is 28.8. The summed E-state index contributed by atoms with van der Waals surface area (Å²) in [7, 11) is 0. The minimum atomic E-state index is -1.01. The average Bonchev–Trinajstić information content (AvgIpc) is 3.52. The molecule has 0 saturated heterocycles. The highest BCUT2D eigenvalue weighted by atomic mass is 16.5. The second-order valence-electron chi connectivity index (χ2n) is 9.84. The average molecular weight is 526 g/mol. The molecule has 0 unspecified atom stereocenters. The number of carbonyl (C=O) groups excluding carboxylic acids is 4. The van der Waals surface area contributed by atoms with E-state index in [1.807, 2.05) is 20.8 Å². The lowest BCUT2D eigenvalue weighted by molar-refractivity contribution is -0.149. The number of Topliss-reactive ketones (excluding diaryl/α,β-unsaturated/α-hetero) is 1. The minimum absolute atomic E-state index is 0.0315. The third-order valence-corrected chi connectivity index (χ3v) is 6.19. The number of cyclic esters (lactones) is 1. The van der Waals surface area contributed by atoms with Gasteiger partial charge in [-0.05, 0) is 25.3 Å². The fourth-order valence-electron chi connectivity index (χ4n) is 4.33. The van der Waals surface area contributed by atoms with E-state index in [9.17, 15) is 24.3 Å². The van der Waals surface area contributed by atoms with Gasteiger partial charge in [0.2, 0.25) is 11.8 Å². The number of aliphatic hydroxyl groups is 1. The van der Waals surface area contributed by atoms with Crippen LogP contribution in [0.4, 0.5) is 0 Å². The number of ketones is 1. The first-order valence-corrected chi connectivity index (χ1v) is 12.7. The van der Waals surface area contributed by atoms with Crippen LogP contribution >= 0.6 is 0 Å². The van der Waals surface area contributed by atoms with Crippen molar-refractivity contribution in [3.05, 3.63) is 65.6 Å². The van der Waals surface area contributed by atoms with Crippen molar-refractivity contribution in [3.63, 3.8) is 0 Å². The van der Waals surface area contributed by atoms with Crippen LogP contribution in [-0.4, -0.2) is 63.9 Å². The maximum Gasteiger partial charge on any atom is 0.355 e. The van der Waals surface area contributed by atoms with Crippen LogP contribution in [-0.2, 0) is 25.5 Å². The van der Waals surface area contributed by atoms with Crippen LogP contribution in [0.3, 0.4) is 0 Å². The molecular weight excluding hydrogens is 490 g/mol. The molecule has 0 saturated carbocycles. The summed E-state index contributed by atoms with van der Waals surface area (Å²) in [6.45, 7) is 8.00. The number of hydrogen-bond acceptors (Lipinski definition) is 8. The summed E-state index contributed by atoms with van der Waals surface area (Å²) in [6, 6.07) is 0. The van der Waals surface area contributed by atoms with Crippen molar-refractivity contribution < 1.29 is 33.4 Å². The van der Waals surface area contributed by atoms with Crippen LogP contribution in [0, 0.1) is 11.8 Å². The van der Waals surface area contributed by atoms with Crippen LogP contribution < -0.4 is 5.32 Å². The van der Waals surface area contributed by atoms with Gasteiger partial charge >= 0.3 is 5.97 Å². The van der Waals surface area contributed by atoms with Gasteiger partial charge in [-0.3, -0.25) is 14.4 Å². The number of aliphatic hydroxyl groups excluding tert-OH is 1. The van der Waals surface area contributed by atoms with Crippen molar-refractivity contribution in [3.8, 4) is 0 Å². The zero-order valence-corrected chi connectivity index (χ0v) is 22.2. The van der Waals surface area contributed by atoms with E-state index in [1.165, 1.54) is 11.0 Å². The Labute approximate surface area is 222 Å². The lowest BCUT2D eigenvalue weighted by Gasteiger charge is -2.27. The Bertz CT molecular complexity index is 1170. The van der Waals surface area contributed by atoms with Crippen LogP contribution in [0.25, 0.3) is 0 Å². The van der Waals surface area contributed by atoms with Crippen LogP contribution in [0.15, 0.2) is 58.4 Å². The van der Waals surface area contributed by atoms with Gasteiger partial charge in [0.25, 0.3) is 5.91 Å². The van der Waals surface area contributed by atoms with Gasteiger partial charge in [0.15, 0.2) is 5.69 Å². The smallest absolute Gasteiger partial charge is 0.355 e. The van der Waals surface area contributed by atoms with Crippen molar-refractivity contribution in [2.24, 2.45) is 11.8 Å². The Morgan fingerprint density at radius 3 is 2.68 bits per heavy atom. The molecule has 2 amide bonds. The minimum Gasteiger partial charge on any atom is -0.457 e. The van der Waals surface area contributed by atoms with E-state index < -0.39 is 24.1 Å². The Balaban J connectivity index is 1.86. The highest BCUT2D eigenvalue weighted by Gasteiger charge is 2.33. The lowest BCUT2D eigenvalue weighted by atomic mass is 9.94. The third kappa shape index (κ3) is 7.85. The van der Waals surface area contributed by atoms with E-state index in [0.717, 1.165) is 11.8 Å². The van der Waals surface area contributed by atoms with Gasteiger partial charge in [-0.15, -0.1) is 0 Å². The number of aromatic nitrogens is 1. The van der Waals surface area contributed by atoms with Crippen LogP contribution in [0.2, 0.25) is 0 Å². The molecule has 3 atom stereocenters. The predicted molar refractivity (Wildman–Crippen MR) is 139 cm³/mol. The number of allylic oxidation sites excluding steroid dienone is 2. The second kappa shape index (κ2) is 13.1.